The number of rotatable bonds is 4. The fourth-order valence-corrected chi connectivity index (χ4v) is 4.95. The van der Waals surface area contributed by atoms with Crippen LogP contribution in [0.5, 0.6) is 0 Å². The molecule has 1 fully saturated rings. The Morgan fingerprint density at radius 2 is 1.91 bits per heavy atom. The molecule has 33 heavy (non-hydrogen) atoms. The van der Waals surface area contributed by atoms with Crippen molar-refractivity contribution in [3.8, 4) is 5.69 Å². The van der Waals surface area contributed by atoms with Crippen molar-refractivity contribution in [3.05, 3.63) is 84.4 Å². The van der Waals surface area contributed by atoms with Crippen LogP contribution in [0.3, 0.4) is 0 Å². The number of carboxylic acid groups (broad SMARTS) is 1. The lowest BCUT2D eigenvalue weighted by Crippen LogP contribution is -2.19. The fraction of sp³-hybridized carbons (Fsp3) is 0.0870. The molecule has 2 N–H and O–H groups in total. The number of nitrogens with one attached hydrogen (secondary N) is 1. The topological polar surface area (TPSA) is 83.7 Å². The molecule has 0 atom stereocenters. The van der Waals surface area contributed by atoms with Crippen LogP contribution < -0.4 is 5.32 Å². The van der Waals surface area contributed by atoms with Gasteiger partial charge in [0.25, 0.3) is 5.91 Å². The number of carbonyl (C=O) groups excluding carboxylic acids is 1. The van der Waals surface area contributed by atoms with Crippen LogP contribution in [-0.2, 0) is 4.79 Å². The smallest absolute Gasteiger partial charge is 0.337 e. The molecule has 2 heterocycles. The number of amides is 1. The van der Waals surface area contributed by atoms with Crippen molar-refractivity contribution in [1.82, 2.24) is 9.88 Å². The van der Waals surface area contributed by atoms with E-state index in [9.17, 15) is 14.7 Å². The monoisotopic (exact) mass is 563 g/mol. The third-order valence-corrected chi connectivity index (χ3v) is 7.44. The minimum absolute atomic E-state index is 0.0446. The number of hydrogen-bond donors (Lipinski definition) is 2. The third-order valence-electron chi connectivity index (χ3n) is 4.98. The Morgan fingerprint density at radius 1 is 1.15 bits per heavy atom. The molecule has 10 heteroatoms. The summed E-state index contributed by atoms with van der Waals surface area (Å²) in [5, 5.41) is 13.1. The largest absolute Gasteiger partial charge is 0.478 e. The van der Waals surface area contributed by atoms with E-state index in [2.05, 4.69) is 26.2 Å². The van der Waals surface area contributed by atoms with E-state index < -0.39 is 5.97 Å². The zero-order valence-corrected chi connectivity index (χ0v) is 21.2. The van der Waals surface area contributed by atoms with Crippen LogP contribution >= 0.6 is 50.9 Å². The standard InChI is InChI=1S/C23H16BrCl2N3O3S/c1-11-7-13(12(2)29(11)15-4-5-16(22(31)32)18(25)10-15)8-20-21(30)28-23(33-20)27-14-3-6-17(24)19(26)9-14/h3-10H,1-2H3,(H,31,32)(H,27,28,30)/b20-8-. The van der Waals surface area contributed by atoms with Gasteiger partial charge in [0.2, 0.25) is 0 Å². The summed E-state index contributed by atoms with van der Waals surface area (Å²) in [6.45, 7) is 3.86. The van der Waals surface area contributed by atoms with Gasteiger partial charge in [-0.2, -0.15) is 0 Å². The number of aromatic nitrogens is 1. The molecule has 4 rings (SSSR count). The van der Waals surface area contributed by atoms with Crippen molar-refractivity contribution in [1.29, 1.82) is 0 Å². The lowest BCUT2D eigenvalue weighted by atomic mass is 10.2. The molecular formula is C23H16BrCl2N3O3S. The molecule has 1 amide bonds. The van der Waals surface area contributed by atoms with Gasteiger partial charge in [-0.25, -0.2) is 9.79 Å². The maximum absolute atomic E-state index is 12.5. The van der Waals surface area contributed by atoms with Crippen LogP contribution in [0.1, 0.15) is 27.3 Å². The van der Waals surface area contributed by atoms with Crippen molar-refractivity contribution in [3.63, 3.8) is 0 Å². The highest BCUT2D eigenvalue weighted by Crippen LogP contribution is 2.33. The Bertz CT molecular complexity index is 1380. The number of carboxylic acids is 1. The Kier molecular flexibility index (Phi) is 6.72. The molecule has 0 radical (unpaired) electrons. The first kappa shape index (κ1) is 23.6. The SMILES string of the molecule is Cc1cc(/C=C2\SC(=Nc3ccc(Br)c(Cl)c3)NC2=O)c(C)n1-c1ccc(C(=O)O)c(Cl)c1. The molecule has 3 aromatic rings. The van der Waals surface area contributed by atoms with Crippen molar-refractivity contribution in [2.75, 3.05) is 0 Å². The second-order valence-corrected chi connectivity index (χ2v) is 9.91. The first-order chi connectivity index (χ1) is 15.6. The number of halogens is 3. The second-order valence-electron chi connectivity index (χ2n) is 7.21. The molecule has 0 bridgehead atoms. The Hall–Kier alpha value is -2.52. The molecule has 1 saturated heterocycles. The summed E-state index contributed by atoms with van der Waals surface area (Å²) in [6.07, 6.45) is 1.81. The van der Waals surface area contributed by atoms with Gasteiger partial charge >= 0.3 is 5.97 Å². The van der Waals surface area contributed by atoms with E-state index in [1.165, 1.54) is 17.8 Å². The lowest BCUT2D eigenvalue weighted by molar-refractivity contribution is -0.115. The van der Waals surface area contributed by atoms with E-state index in [1.54, 1.807) is 30.3 Å². The van der Waals surface area contributed by atoms with Gasteiger partial charge in [-0.1, -0.05) is 23.2 Å². The molecule has 168 valence electrons. The van der Waals surface area contributed by atoms with Crippen LogP contribution in [0.4, 0.5) is 5.69 Å². The first-order valence-corrected chi connectivity index (χ1v) is 12.0. The summed E-state index contributed by atoms with van der Waals surface area (Å²) in [4.78, 5) is 28.7. The van der Waals surface area contributed by atoms with Gasteiger partial charge in [-0.15, -0.1) is 0 Å². The molecule has 6 nitrogen and oxygen atoms in total. The lowest BCUT2D eigenvalue weighted by Gasteiger charge is -2.11. The Morgan fingerprint density at radius 3 is 2.58 bits per heavy atom. The zero-order chi connectivity index (χ0) is 23.9. The molecule has 0 unspecified atom stereocenters. The fourth-order valence-electron chi connectivity index (χ4n) is 3.44. The summed E-state index contributed by atoms with van der Waals surface area (Å²) in [5.41, 5.74) is 4.08. The maximum Gasteiger partial charge on any atom is 0.337 e. The van der Waals surface area contributed by atoms with Gasteiger partial charge in [0.15, 0.2) is 5.17 Å². The third kappa shape index (κ3) is 4.89. The number of aliphatic imine (C=N–C) groups is 1. The normalized spacial score (nSPS) is 16.0. The summed E-state index contributed by atoms with van der Waals surface area (Å²) in [5.74, 6) is -1.31. The van der Waals surface area contributed by atoms with Crippen molar-refractivity contribution in [2.24, 2.45) is 4.99 Å². The summed E-state index contributed by atoms with van der Waals surface area (Å²) < 4.78 is 2.73. The number of nitrogens with zero attached hydrogens (tertiary/aromatic N) is 2. The molecular weight excluding hydrogens is 549 g/mol. The summed E-state index contributed by atoms with van der Waals surface area (Å²) in [6, 6.07) is 12.1. The molecule has 0 spiro atoms. The Balaban J connectivity index is 1.64. The molecule has 1 aliphatic rings. The molecule has 0 aliphatic carbocycles. The number of amidine groups is 1. The number of hydrogen-bond acceptors (Lipinski definition) is 4. The number of benzene rings is 2. The van der Waals surface area contributed by atoms with E-state index in [0.717, 1.165) is 27.1 Å². The van der Waals surface area contributed by atoms with E-state index in [4.69, 9.17) is 23.2 Å². The minimum atomic E-state index is -1.08. The van der Waals surface area contributed by atoms with E-state index in [-0.39, 0.29) is 16.5 Å². The van der Waals surface area contributed by atoms with Crippen LogP contribution in [0, 0.1) is 13.8 Å². The Labute approximate surface area is 212 Å². The summed E-state index contributed by atoms with van der Waals surface area (Å²) in [7, 11) is 0. The number of carbonyl (C=O) groups is 2. The molecule has 2 aromatic carbocycles. The summed E-state index contributed by atoms with van der Waals surface area (Å²) >= 11 is 16.9. The molecule has 1 aliphatic heterocycles. The first-order valence-electron chi connectivity index (χ1n) is 9.61. The van der Waals surface area contributed by atoms with Crippen LogP contribution in [0.25, 0.3) is 11.8 Å². The van der Waals surface area contributed by atoms with Crippen molar-refractivity contribution >= 4 is 79.7 Å². The van der Waals surface area contributed by atoms with Gasteiger partial charge in [-0.05, 0) is 95.6 Å². The van der Waals surface area contributed by atoms with E-state index in [0.29, 0.717) is 20.8 Å². The number of aromatic carboxylic acids is 1. The highest BCUT2D eigenvalue weighted by atomic mass is 79.9. The van der Waals surface area contributed by atoms with Crippen LogP contribution in [-0.4, -0.2) is 26.7 Å². The quantitative estimate of drug-likeness (QED) is 0.343. The number of aryl methyl sites for hydroxylation is 1. The molecule has 1 aromatic heterocycles. The predicted molar refractivity (Wildman–Crippen MR) is 137 cm³/mol. The van der Waals surface area contributed by atoms with E-state index in [1.807, 2.05) is 30.6 Å². The van der Waals surface area contributed by atoms with E-state index >= 15 is 0 Å². The molecule has 0 saturated carbocycles. The zero-order valence-electron chi connectivity index (χ0n) is 17.3. The van der Waals surface area contributed by atoms with Crippen molar-refractivity contribution in [2.45, 2.75) is 13.8 Å². The number of thioether (sulfide) groups is 1. The van der Waals surface area contributed by atoms with Gasteiger partial charge in [-0.3, -0.25) is 4.79 Å². The van der Waals surface area contributed by atoms with Crippen molar-refractivity contribution < 1.29 is 14.7 Å². The average molecular weight is 565 g/mol. The maximum atomic E-state index is 12.5. The second kappa shape index (κ2) is 9.38. The average Bonchev–Trinajstić information content (AvgIpc) is 3.22. The van der Waals surface area contributed by atoms with Gasteiger partial charge in [0.05, 0.1) is 26.2 Å². The van der Waals surface area contributed by atoms with Crippen LogP contribution in [0.15, 0.2) is 56.8 Å². The van der Waals surface area contributed by atoms with Gasteiger partial charge < -0.3 is 15.0 Å². The highest BCUT2D eigenvalue weighted by molar-refractivity contribution is 9.10. The minimum Gasteiger partial charge on any atom is -0.478 e. The van der Waals surface area contributed by atoms with Gasteiger partial charge in [0, 0.05) is 21.5 Å². The van der Waals surface area contributed by atoms with Gasteiger partial charge in [0.1, 0.15) is 0 Å². The highest BCUT2D eigenvalue weighted by Gasteiger charge is 2.25. The van der Waals surface area contributed by atoms with Crippen LogP contribution in [0.2, 0.25) is 10.0 Å². The predicted octanol–water partition coefficient (Wildman–Crippen LogP) is 6.75.